The number of carbonyl (C=O) groups excluding carboxylic acids is 1. The molecule has 0 heterocycles. The van der Waals surface area contributed by atoms with Gasteiger partial charge < -0.3 is 4.74 Å². The van der Waals surface area contributed by atoms with E-state index in [1.165, 1.54) is 18.2 Å². The number of aldehydes is 1. The van der Waals surface area contributed by atoms with Gasteiger partial charge in [0.2, 0.25) is 0 Å². The molecule has 1 aromatic carbocycles. The summed E-state index contributed by atoms with van der Waals surface area (Å²) in [7, 11) is -3.30. The van der Waals surface area contributed by atoms with Crippen molar-refractivity contribution in [2.24, 2.45) is 5.92 Å². The maximum atomic E-state index is 11.3. The average Bonchev–Trinajstić information content (AvgIpc) is 2.24. The monoisotopic (exact) mass is 256 g/mol. The Kier molecular flexibility index (Phi) is 4.28. The molecular weight excluding hydrogens is 240 g/mol. The van der Waals surface area contributed by atoms with Crippen LogP contribution in [-0.4, -0.2) is 27.6 Å². The molecule has 0 aromatic heterocycles. The molecule has 0 aliphatic carbocycles. The van der Waals surface area contributed by atoms with Crippen LogP contribution in [0.2, 0.25) is 0 Å². The molecule has 0 aliphatic heterocycles. The molecule has 0 amide bonds. The molecule has 0 bridgehead atoms. The van der Waals surface area contributed by atoms with E-state index in [1.54, 1.807) is 0 Å². The van der Waals surface area contributed by atoms with Gasteiger partial charge in [-0.1, -0.05) is 13.8 Å². The Morgan fingerprint density at radius 3 is 2.47 bits per heavy atom. The van der Waals surface area contributed by atoms with E-state index >= 15 is 0 Å². The molecule has 17 heavy (non-hydrogen) atoms. The average molecular weight is 256 g/mol. The Morgan fingerprint density at radius 2 is 2.00 bits per heavy atom. The van der Waals surface area contributed by atoms with Gasteiger partial charge in [0.05, 0.1) is 17.1 Å². The topological polar surface area (TPSA) is 60.4 Å². The largest absolute Gasteiger partial charge is 0.493 e. The van der Waals surface area contributed by atoms with E-state index in [2.05, 4.69) is 0 Å². The van der Waals surface area contributed by atoms with Crippen molar-refractivity contribution in [2.75, 3.05) is 12.9 Å². The number of rotatable bonds is 5. The van der Waals surface area contributed by atoms with Crippen LogP contribution >= 0.6 is 0 Å². The lowest BCUT2D eigenvalue weighted by Crippen LogP contribution is -2.07. The van der Waals surface area contributed by atoms with E-state index in [0.717, 1.165) is 6.26 Å². The van der Waals surface area contributed by atoms with Crippen molar-refractivity contribution in [3.05, 3.63) is 23.8 Å². The molecular formula is C12H16O4S. The first-order valence-corrected chi connectivity index (χ1v) is 7.16. The molecule has 0 saturated heterocycles. The summed E-state index contributed by atoms with van der Waals surface area (Å²) in [5.41, 5.74) is 0.258. The van der Waals surface area contributed by atoms with E-state index in [-0.39, 0.29) is 10.5 Å². The number of hydrogen-bond donors (Lipinski definition) is 0. The van der Waals surface area contributed by atoms with Gasteiger partial charge in [0.15, 0.2) is 16.1 Å². The second-order valence-electron chi connectivity index (χ2n) is 4.29. The number of benzene rings is 1. The number of ether oxygens (including phenoxy) is 1. The Hall–Kier alpha value is -1.36. The lowest BCUT2D eigenvalue weighted by molar-refractivity contribution is 0.111. The molecule has 0 fully saturated rings. The first-order chi connectivity index (χ1) is 7.84. The highest BCUT2D eigenvalue weighted by Gasteiger charge is 2.11. The summed E-state index contributed by atoms with van der Waals surface area (Å²) in [6.07, 6.45) is 1.70. The van der Waals surface area contributed by atoms with Crippen LogP contribution in [0, 0.1) is 5.92 Å². The highest BCUT2D eigenvalue weighted by Crippen LogP contribution is 2.21. The van der Waals surface area contributed by atoms with Crippen LogP contribution in [-0.2, 0) is 9.84 Å². The van der Waals surface area contributed by atoms with Gasteiger partial charge >= 0.3 is 0 Å². The molecule has 4 nitrogen and oxygen atoms in total. The van der Waals surface area contributed by atoms with Crippen LogP contribution in [0.15, 0.2) is 23.1 Å². The highest BCUT2D eigenvalue weighted by molar-refractivity contribution is 7.90. The van der Waals surface area contributed by atoms with E-state index in [9.17, 15) is 13.2 Å². The summed E-state index contributed by atoms with van der Waals surface area (Å²) in [6.45, 7) is 4.47. The molecule has 0 unspecified atom stereocenters. The van der Waals surface area contributed by atoms with Crippen LogP contribution < -0.4 is 4.74 Å². The van der Waals surface area contributed by atoms with Gasteiger partial charge in [0.1, 0.15) is 5.75 Å². The first kappa shape index (κ1) is 13.7. The van der Waals surface area contributed by atoms with Gasteiger partial charge in [0.25, 0.3) is 0 Å². The zero-order valence-corrected chi connectivity index (χ0v) is 11.0. The predicted molar refractivity (Wildman–Crippen MR) is 65.3 cm³/mol. The fraction of sp³-hybridized carbons (Fsp3) is 0.417. The van der Waals surface area contributed by atoms with Gasteiger partial charge in [0, 0.05) is 6.26 Å². The summed E-state index contributed by atoms with van der Waals surface area (Å²) in [5.74, 6) is 0.755. The minimum Gasteiger partial charge on any atom is -0.493 e. The number of sulfone groups is 1. The lowest BCUT2D eigenvalue weighted by atomic mass is 10.2. The second kappa shape index (κ2) is 5.31. The predicted octanol–water partition coefficient (Wildman–Crippen LogP) is 1.94. The zero-order valence-electron chi connectivity index (χ0n) is 10.1. The molecule has 0 N–H and O–H groups in total. The van der Waals surface area contributed by atoms with Crippen molar-refractivity contribution in [3.63, 3.8) is 0 Å². The third-order valence-corrected chi connectivity index (χ3v) is 3.22. The molecule has 0 spiro atoms. The summed E-state index contributed by atoms with van der Waals surface area (Å²) in [6, 6.07) is 4.29. The third-order valence-electron chi connectivity index (χ3n) is 2.11. The van der Waals surface area contributed by atoms with Gasteiger partial charge in [-0.05, 0) is 24.1 Å². The molecule has 1 aromatic rings. The molecule has 1 rings (SSSR count). The minimum atomic E-state index is -3.30. The van der Waals surface area contributed by atoms with Crippen LogP contribution in [0.3, 0.4) is 0 Å². The highest BCUT2D eigenvalue weighted by atomic mass is 32.2. The van der Waals surface area contributed by atoms with Gasteiger partial charge in [-0.25, -0.2) is 8.42 Å². The molecule has 5 heteroatoms. The maximum Gasteiger partial charge on any atom is 0.175 e. The van der Waals surface area contributed by atoms with Gasteiger partial charge in [-0.3, -0.25) is 4.79 Å². The molecule has 0 atom stereocenters. The van der Waals surface area contributed by atoms with Crippen molar-refractivity contribution in [1.82, 2.24) is 0 Å². The quantitative estimate of drug-likeness (QED) is 0.755. The summed E-state index contributed by atoms with van der Waals surface area (Å²) >= 11 is 0. The van der Waals surface area contributed by atoms with Crippen LogP contribution in [0.25, 0.3) is 0 Å². The number of carbonyl (C=O) groups is 1. The van der Waals surface area contributed by atoms with Crippen molar-refractivity contribution < 1.29 is 17.9 Å². The summed E-state index contributed by atoms with van der Waals surface area (Å²) in [5, 5.41) is 0. The van der Waals surface area contributed by atoms with Crippen LogP contribution in [0.5, 0.6) is 5.75 Å². The van der Waals surface area contributed by atoms with E-state index in [0.29, 0.717) is 24.6 Å². The molecule has 0 aliphatic rings. The first-order valence-electron chi connectivity index (χ1n) is 5.26. The fourth-order valence-corrected chi connectivity index (χ4v) is 1.89. The third kappa shape index (κ3) is 3.85. The van der Waals surface area contributed by atoms with E-state index < -0.39 is 9.84 Å². The second-order valence-corrected chi connectivity index (χ2v) is 6.31. The standard InChI is InChI=1S/C12H16O4S/c1-9(2)8-16-12-5-4-11(17(3,14)15)6-10(12)7-13/h4-7,9H,8H2,1-3H3. The Morgan fingerprint density at radius 1 is 1.35 bits per heavy atom. The van der Waals surface area contributed by atoms with Crippen LogP contribution in [0.1, 0.15) is 24.2 Å². The van der Waals surface area contributed by atoms with E-state index in [1.807, 2.05) is 13.8 Å². The SMILES string of the molecule is CC(C)COc1ccc(S(C)(=O)=O)cc1C=O. The Bertz CT molecular complexity index is 503. The van der Waals surface area contributed by atoms with Crippen LogP contribution in [0.4, 0.5) is 0 Å². The van der Waals surface area contributed by atoms with Crippen molar-refractivity contribution in [1.29, 1.82) is 0 Å². The van der Waals surface area contributed by atoms with Crippen molar-refractivity contribution in [2.45, 2.75) is 18.7 Å². The Labute approximate surface area is 102 Å². The normalized spacial score (nSPS) is 11.5. The van der Waals surface area contributed by atoms with E-state index in [4.69, 9.17) is 4.74 Å². The number of hydrogen-bond acceptors (Lipinski definition) is 4. The van der Waals surface area contributed by atoms with Gasteiger partial charge in [-0.15, -0.1) is 0 Å². The summed E-state index contributed by atoms with van der Waals surface area (Å²) in [4.78, 5) is 11.0. The molecule has 0 radical (unpaired) electrons. The van der Waals surface area contributed by atoms with Crippen molar-refractivity contribution in [3.8, 4) is 5.75 Å². The smallest absolute Gasteiger partial charge is 0.175 e. The maximum absolute atomic E-state index is 11.3. The zero-order chi connectivity index (χ0) is 13.1. The van der Waals surface area contributed by atoms with Gasteiger partial charge in [-0.2, -0.15) is 0 Å². The molecule has 0 saturated carbocycles. The summed E-state index contributed by atoms with van der Waals surface area (Å²) < 4.78 is 28.1. The fourth-order valence-electron chi connectivity index (χ4n) is 1.24. The lowest BCUT2D eigenvalue weighted by Gasteiger charge is -2.11. The molecule has 94 valence electrons. The van der Waals surface area contributed by atoms with Crippen molar-refractivity contribution >= 4 is 16.1 Å². The minimum absolute atomic E-state index is 0.122. The Balaban J connectivity index is 3.06.